The Morgan fingerprint density at radius 3 is 2.47 bits per heavy atom. The Hall–Kier alpha value is -1.23. The number of benzene rings is 1. The third-order valence-electron chi connectivity index (χ3n) is 3.02. The maximum atomic E-state index is 12.1. The topological polar surface area (TPSA) is 29.5 Å². The molecule has 0 aliphatic heterocycles. The number of ether oxygens (including phenoxy) is 1. The first-order valence-corrected chi connectivity index (χ1v) is 5.38. The summed E-state index contributed by atoms with van der Waals surface area (Å²) >= 11 is 0. The van der Waals surface area contributed by atoms with Crippen molar-refractivity contribution < 1.29 is 23.0 Å². The number of hydrogen-bond donors (Lipinski definition) is 1. The first-order valence-electron chi connectivity index (χ1n) is 5.38. The van der Waals surface area contributed by atoms with Gasteiger partial charge in [-0.2, -0.15) is 0 Å². The molecule has 0 heterocycles. The van der Waals surface area contributed by atoms with Gasteiger partial charge < -0.3 is 9.84 Å². The predicted octanol–water partition coefficient (Wildman–Crippen LogP) is 3.20. The van der Waals surface area contributed by atoms with E-state index in [1.807, 2.05) is 0 Å². The van der Waals surface area contributed by atoms with Crippen LogP contribution in [0.1, 0.15) is 25.3 Å². The number of aliphatic hydroxyl groups is 1. The lowest BCUT2D eigenvalue weighted by atomic mass is 9.91. The summed E-state index contributed by atoms with van der Waals surface area (Å²) in [6.07, 6.45) is -2.90. The van der Waals surface area contributed by atoms with Crippen molar-refractivity contribution in [3.8, 4) is 5.75 Å². The Labute approximate surface area is 97.0 Å². The molecule has 1 aliphatic rings. The van der Waals surface area contributed by atoms with Crippen LogP contribution in [0.15, 0.2) is 24.3 Å². The molecule has 0 amide bonds. The summed E-state index contributed by atoms with van der Waals surface area (Å²) in [6.45, 7) is 1.62. The van der Waals surface area contributed by atoms with Crippen LogP contribution in [-0.2, 0) is 5.60 Å². The van der Waals surface area contributed by atoms with Gasteiger partial charge in [0, 0.05) is 0 Å². The fourth-order valence-electron chi connectivity index (χ4n) is 1.89. The smallest absolute Gasteiger partial charge is 0.406 e. The highest BCUT2D eigenvalue weighted by molar-refractivity contribution is 5.33. The summed E-state index contributed by atoms with van der Waals surface area (Å²) in [5, 5.41) is 10.2. The zero-order valence-electron chi connectivity index (χ0n) is 9.29. The Balaban J connectivity index is 2.22. The van der Waals surface area contributed by atoms with Crippen LogP contribution in [0.5, 0.6) is 5.75 Å². The van der Waals surface area contributed by atoms with Gasteiger partial charge in [-0.25, -0.2) is 0 Å². The minimum atomic E-state index is -4.70. The minimum Gasteiger partial charge on any atom is -0.406 e. The average molecular weight is 246 g/mol. The standard InChI is InChI=1S/C12H13F3O2/c1-11(16,8-5-6-8)9-3-2-4-10(7-9)17-12(13,14)15/h2-4,7-8,16H,5-6H2,1H3. The van der Waals surface area contributed by atoms with Gasteiger partial charge in [0.1, 0.15) is 5.75 Å². The largest absolute Gasteiger partial charge is 0.573 e. The van der Waals surface area contributed by atoms with Crippen molar-refractivity contribution in [2.24, 2.45) is 5.92 Å². The number of halogens is 3. The van der Waals surface area contributed by atoms with E-state index in [0.717, 1.165) is 12.8 Å². The van der Waals surface area contributed by atoms with E-state index in [-0.39, 0.29) is 11.7 Å². The second-order valence-electron chi connectivity index (χ2n) is 4.50. The van der Waals surface area contributed by atoms with Crippen molar-refractivity contribution in [1.82, 2.24) is 0 Å². The molecule has 1 N–H and O–H groups in total. The van der Waals surface area contributed by atoms with Crippen molar-refractivity contribution in [1.29, 1.82) is 0 Å². The highest BCUT2D eigenvalue weighted by Crippen LogP contribution is 2.46. The number of alkyl halides is 3. The van der Waals surface area contributed by atoms with Crippen LogP contribution < -0.4 is 4.74 Å². The third kappa shape index (κ3) is 2.91. The maximum absolute atomic E-state index is 12.1. The molecule has 94 valence electrons. The van der Waals surface area contributed by atoms with Crippen LogP contribution in [0.3, 0.4) is 0 Å². The van der Waals surface area contributed by atoms with Gasteiger partial charge in [0.2, 0.25) is 0 Å². The Morgan fingerprint density at radius 2 is 1.94 bits per heavy atom. The van der Waals surface area contributed by atoms with E-state index in [4.69, 9.17) is 0 Å². The van der Waals surface area contributed by atoms with E-state index in [9.17, 15) is 18.3 Å². The van der Waals surface area contributed by atoms with Crippen LogP contribution in [0.4, 0.5) is 13.2 Å². The van der Waals surface area contributed by atoms with E-state index in [2.05, 4.69) is 4.74 Å². The van der Waals surface area contributed by atoms with Gasteiger partial charge in [0.25, 0.3) is 0 Å². The monoisotopic (exact) mass is 246 g/mol. The summed E-state index contributed by atoms with van der Waals surface area (Å²) in [7, 11) is 0. The summed E-state index contributed by atoms with van der Waals surface area (Å²) in [4.78, 5) is 0. The zero-order chi connectivity index (χ0) is 12.7. The second kappa shape index (κ2) is 3.91. The highest BCUT2D eigenvalue weighted by Gasteiger charge is 2.41. The molecule has 0 saturated heterocycles. The molecular formula is C12H13F3O2. The minimum absolute atomic E-state index is 0.128. The Bertz CT molecular complexity index is 408. The van der Waals surface area contributed by atoms with Crippen molar-refractivity contribution in [2.75, 3.05) is 0 Å². The van der Waals surface area contributed by atoms with Gasteiger partial charge in [-0.15, -0.1) is 13.2 Å². The summed E-state index contributed by atoms with van der Waals surface area (Å²) in [5.74, 6) is -0.167. The molecule has 1 atom stereocenters. The zero-order valence-corrected chi connectivity index (χ0v) is 9.29. The van der Waals surface area contributed by atoms with Crippen molar-refractivity contribution in [2.45, 2.75) is 31.7 Å². The van der Waals surface area contributed by atoms with E-state index in [1.165, 1.54) is 18.2 Å². The lowest BCUT2D eigenvalue weighted by Gasteiger charge is -2.24. The Kier molecular flexibility index (Phi) is 2.81. The van der Waals surface area contributed by atoms with Gasteiger partial charge >= 0.3 is 6.36 Å². The van der Waals surface area contributed by atoms with Crippen LogP contribution in [0.25, 0.3) is 0 Å². The van der Waals surface area contributed by atoms with Gasteiger partial charge in [0.15, 0.2) is 0 Å². The normalized spacial score (nSPS) is 19.8. The molecule has 2 rings (SSSR count). The molecule has 1 aromatic rings. The van der Waals surface area contributed by atoms with Gasteiger partial charge in [0.05, 0.1) is 5.60 Å². The molecule has 17 heavy (non-hydrogen) atoms. The summed E-state index contributed by atoms with van der Waals surface area (Å²) < 4.78 is 40.0. The van der Waals surface area contributed by atoms with E-state index in [0.29, 0.717) is 5.56 Å². The molecule has 0 bridgehead atoms. The Morgan fingerprint density at radius 1 is 1.29 bits per heavy atom. The van der Waals surface area contributed by atoms with Crippen molar-refractivity contribution in [3.05, 3.63) is 29.8 Å². The van der Waals surface area contributed by atoms with Gasteiger partial charge in [-0.1, -0.05) is 12.1 Å². The molecule has 0 aromatic heterocycles. The molecular weight excluding hydrogens is 233 g/mol. The van der Waals surface area contributed by atoms with Gasteiger partial charge in [-0.05, 0) is 43.4 Å². The lowest BCUT2D eigenvalue weighted by Crippen LogP contribution is -2.24. The molecule has 0 radical (unpaired) electrons. The van der Waals surface area contributed by atoms with Crippen molar-refractivity contribution in [3.63, 3.8) is 0 Å². The maximum Gasteiger partial charge on any atom is 0.573 e. The third-order valence-corrected chi connectivity index (χ3v) is 3.02. The molecule has 1 unspecified atom stereocenters. The van der Waals surface area contributed by atoms with E-state index >= 15 is 0 Å². The first kappa shape index (κ1) is 12.2. The van der Waals surface area contributed by atoms with E-state index < -0.39 is 12.0 Å². The molecule has 2 nitrogen and oxygen atoms in total. The first-order chi connectivity index (χ1) is 7.79. The molecule has 1 saturated carbocycles. The number of hydrogen-bond acceptors (Lipinski definition) is 2. The van der Waals surface area contributed by atoms with Crippen LogP contribution >= 0.6 is 0 Å². The quantitative estimate of drug-likeness (QED) is 0.887. The molecule has 1 aliphatic carbocycles. The average Bonchev–Trinajstić information content (AvgIpc) is 2.98. The molecule has 1 fully saturated rings. The molecule has 1 aromatic carbocycles. The van der Waals surface area contributed by atoms with Crippen molar-refractivity contribution >= 4 is 0 Å². The summed E-state index contributed by atoms with van der Waals surface area (Å²) in [5.41, 5.74) is -0.618. The molecule has 0 spiro atoms. The fraction of sp³-hybridized carbons (Fsp3) is 0.500. The number of rotatable bonds is 3. The summed E-state index contributed by atoms with van der Waals surface area (Å²) in [6, 6.07) is 5.53. The highest BCUT2D eigenvalue weighted by atomic mass is 19.4. The SMILES string of the molecule is CC(O)(c1cccc(OC(F)(F)F)c1)C1CC1. The van der Waals surface area contributed by atoms with E-state index in [1.54, 1.807) is 13.0 Å². The second-order valence-corrected chi connectivity index (χ2v) is 4.50. The molecule has 5 heteroatoms. The lowest BCUT2D eigenvalue weighted by molar-refractivity contribution is -0.274. The van der Waals surface area contributed by atoms with Crippen LogP contribution in [0.2, 0.25) is 0 Å². The fourth-order valence-corrected chi connectivity index (χ4v) is 1.89. The van der Waals surface area contributed by atoms with Crippen LogP contribution in [-0.4, -0.2) is 11.5 Å². The van der Waals surface area contributed by atoms with Gasteiger partial charge in [-0.3, -0.25) is 0 Å². The predicted molar refractivity (Wildman–Crippen MR) is 55.4 cm³/mol. The van der Waals surface area contributed by atoms with Crippen LogP contribution in [0, 0.1) is 5.92 Å².